The molecule has 0 aliphatic rings. The highest BCUT2D eigenvalue weighted by Gasteiger charge is 2.15. The summed E-state index contributed by atoms with van der Waals surface area (Å²) < 4.78 is 18.6. The zero-order valence-electron chi connectivity index (χ0n) is 11.9. The van der Waals surface area contributed by atoms with Gasteiger partial charge in [-0.05, 0) is 31.0 Å². The smallest absolute Gasteiger partial charge is 0.165 e. The van der Waals surface area contributed by atoms with E-state index in [1.807, 2.05) is 20.8 Å². The first-order valence-electron chi connectivity index (χ1n) is 6.32. The number of ether oxygens (including phenoxy) is 1. The van der Waals surface area contributed by atoms with Crippen LogP contribution in [-0.4, -0.2) is 17.1 Å². The first kappa shape index (κ1) is 14.7. The average Bonchev–Trinajstić information content (AvgIpc) is 2.37. The Kier molecular flexibility index (Phi) is 4.23. The highest BCUT2D eigenvalue weighted by atomic mass is 35.5. The van der Waals surface area contributed by atoms with Crippen molar-refractivity contribution in [2.75, 3.05) is 7.11 Å². The molecule has 0 saturated heterocycles. The molecule has 0 saturated carbocycles. The van der Waals surface area contributed by atoms with Gasteiger partial charge in [-0.1, -0.05) is 25.4 Å². The number of rotatable bonds is 3. The second kappa shape index (κ2) is 5.75. The average molecular weight is 295 g/mol. The van der Waals surface area contributed by atoms with E-state index in [2.05, 4.69) is 9.97 Å². The molecule has 0 radical (unpaired) electrons. The van der Waals surface area contributed by atoms with Crippen molar-refractivity contribution >= 4 is 11.6 Å². The number of methoxy groups -OCH3 is 1. The fourth-order valence-electron chi connectivity index (χ4n) is 2.14. The molecule has 2 aromatic rings. The molecule has 0 unspecified atom stereocenters. The number of hydrogen-bond donors (Lipinski definition) is 0. The Bertz CT molecular complexity index is 621. The molecular weight excluding hydrogens is 279 g/mol. The van der Waals surface area contributed by atoms with Crippen LogP contribution in [-0.2, 0) is 0 Å². The van der Waals surface area contributed by atoms with E-state index in [-0.39, 0.29) is 11.7 Å². The van der Waals surface area contributed by atoms with E-state index in [0.717, 1.165) is 11.3 Å². The summed E-state index contributed by atoms with van der Waals surface area (Å²) in [5.74, 6) is 0.397. The molecule has 106 valence electrons. The van der Waals surface area contributed by atoms with Crippen LogP contribution in [0.15, 0.2) is 18.2 Å². The van der Waals surface area contributed by atoms with E-state index in [4.69, 9.17) is 16.3 Å². The molecule has 5 heteroatoms. The van der Waals surface area contributed by atoms with E-state index in [1.54, 1.807) is 12.1 Å². The normalized spacial score (nSPS) is 10.9. The zero-order chi connectivity index (χ0) is 14.9. The van der Waals surface area contributed by atoms with E-state index in [0.29, 0.717) is 16.5 Å². The van der Waals surface area contributed by atoms with Gasteiger partial charge in [-0.25, -0.2) is 14.4 Å². The third-order valence-corrected chi connectivity index (χ3v) is 3.37. The highest BCUT2D eigenvalue weighted by molar-refractivity contribution is 6.30. The lowest BCUT2D eigenvalue weighted by Crippen LogP contribution is -2.02. The van der Waals surface area contributed by atoms with Crippen LogP contribution in [0.2, 0.25) is 5.15 Å². The number of aromatic nitrogens is 2. The van der Waals surface area contributed by atoms with E-state index < -0.39 is 5.82 Å². The summed E-state index contributed by atoms with van der Waals surface area (Å²) in [4.78, 5) is 8.69. The van der Waals surface area contributed by atoms with Gasteiger partial charge in [0.15, 0.2) is 17.4 Å². The lowest BCUT2D eigenvalue weighted by molar-refractivity contribution is 0.386. The summed E-state index contributed by atoms with van der Waals surface area (Å²) in [6.07, 6.45) is 0. The largest absolute Gasteiger partial charge is 0.494 e. The standard InChI is InChI=1S/C15H16ClFN2O/c1-8(2)13-9(3)18-15(19-14(13)16)10-5-6-12(20-4)11(17)7-10/h5-8H,1-4H3. The minimum absolute atomic E-state index is 0.190. The van der Waals surface area contributed by atoms with Gasteiger partial charge >= 0.3 is 0 Å². The molecule has 20 heavy (non-hydrogen) atoms. The SMILES string of the molecule is COc1ccc(-c2nc(C)c(C(C)C)c(Cl)n2)cc1F. The van der Waals surface area contributed by atoms with Crippen molar-refractivity contribution in [3.05, 3.63) is 40.4 Å². The molecule has 0 atom stereocenters. The van der Waals surface area contributed by atoms with Gasteiger partial charge in [0.05, 0.1) is 7.11 Å². The molecule has 0 N–H and O–H groups in total. The molecular formula is C15H16ClFN2O. The molecule has 1 heterocycles. The van der Waals surface area contributed by atoms with E-state index >= 15 is 0 Å². The second-order valence-corrected chi connectivity index (χ2v) is 5.20. The molecule has 0 bridgehead atoms. The van der Waals surface area contributed by atoms with Crippen molar-refractivity contribution in [3.8, 4) is 17.1 Å². The number of halogens is 2. The van der Waals surface area contributed by atoms with Gasteiger partial charge in [0.2, 0.25) is 0 Å². The van der Waals surface area contributed by atoms with E-state index in [9.17, 15) is 4.39 Å². The summed E-state index contributed by atoms with van der Waals surface area (Å²) in [6.45, 7) is 5.95. The van der Waals surface area contributed by atoms with Crippen molar-refractivity contribution in [2.45, 2.75) is 26.7 Å². The third kappa shape index (κ3) is 2.75. The van der Waals surface area contributed by atoms with Crippen molar-refractivity contribution in [1.29, 1.82) is 0 Å². The Balaban J connectivity index is 2.51. The topological polar surface area (TPSA) is 35.0 Å². The second-order valence-electron chi connectivity index (χ2n) is 4.84. The van der Waals surface area contributed by atoms with Gasteiger partial charge < -0.3 is 4.74 Å². The van der Waals surface area contributed by atoms with Gasteiger partial charge in [0, 0.05) is 16.8 Å². The maximum Gasteiger partial charge on any atom is 0.165 e. The molecule has 3 nitrogen and oxygen atoms in total. The Morgan fingerprint density at radius 2 is 1.95 bits per heavy atom. The van der Waals surface area contributed by atoms with Crippen LogP contribution >= 0.6 is 11.6 Å². The molecule has 2 rings (SSSR count). The Labute approximate surface area is 122 Å². The fraction of sp³-hybridized carbons (Fsp3) is 0.333. The lowest BCUT2D eigenvalue weighted by Gasteiger charge is -2.12. The minimum Gasteiger partial charge on any atom is -0.494 e. The van der Waals surface area contributed by atoms with Crippen molar-refractivity contribution < 1.29 is 9.13 Å². The fourth-order valence-corrected chi connectivity index (χ4v) is 2.57. The first-order valence-corrected chi connectivity index (χ1v) is 6.69. The maximum absolute atomic E-state index is 13.7. The van der Waals surface area contributed by atoms with Crippen LogP contribution < -0.4 is 4.74 Å². The number of aryl methyl sites for hydroxylation is 1. The third-order valence-electron chi connectivity index (χ3n) is 3.08. The highest BCUT2D eigenvalue weighted by Crippen LogP contribution is 2.29. The van der Waals surface area contributed by atoms with Gasteiger partial charge in [-0.3, -0.25) is 0 Å². The lowest BCUT2D eigenvalue weighted by atomic mass is 10.0. The predicted molar refractivity (Wildman–Crippen MR) is 77.8 cm³/mol. The molecule has 0 aliphatic carbocycles. The Morgan fingerprint density at radius 3 is 2.45 bits per heavy atom. The molecule has 1 aromatic heterocycles. The Hall–Kier alpha value is -1.68. The molecule has 0 fully saturated rings. The van der Waals surface area contributed by atoms with Crippen molar-refractivity contribution in [3.63, 3.8) is 0 Å². The zero-order valence-corrected chi connectivity index (χ0v) is 12.6. The van der Waals surface area contributed by atoms with Crippen LogP contribution in [0.1, 0.15) is 31.0 Å². The first-order chi connectivity index (χ1) is 9.43. The quantitative estimate of drug-likeness (QED) is 0.788. The Morgan fingerprint density at radius 1 is 1.25 bits per heavy atom. The summed E-state index contributed by atoms with van der Waals surface area (Å²) in [7, 11) is 1.42. The van der Waals surface area contributed by atoms with Gasteiger partial charge in [-0.2, -0.15) is 0 Å². The van der Waals surface area contributed by atoms with Crippen LogP contribution in [0.3, 0.4) is 0 Å². The molecule has 0 aliphatic heterocycles. The minimum atomic E-state index is -0.449. The maximum atomic E-state index is 13.7. The number of benzene rings is 1. The van der Waals surface area contributed by atoms with Crippen LogP contribution in [0.5, 0.6) is 5.75 Å². The van der Waals surface area contributed by atoms with Gasteiger partial charge in [0.25, 0.3) is 0 Å². The van der Waals surface area contributed by atoms with Crippen LogP contribution in [0.25, 0.3) is 11.4 Å². The van der Waals surface area contributed by atoms with Crippen molar-refractivity contribution in [2.24, 2.45) is 0 Å². The molecule has 0 spiro atoms. The summed E-state index contributed by atoms with van der Waals surface area (Å²) in [5.41, 5.74) is 2.30. The van der Waals surface area contributed by atoms with Crippen LogP contribution in [0.4, 0.5) is 4.39 Å². The summed E-state index contributed by atoms with van der Waals surface area (Å²) in [6, 6.07) is 4.61. The predicted octanol–water partition coefficient (Wildman–Crippen LogP) is 4.38. The monoisotopic (exact) mass is 294 g/mol. The van der Waals surface area contributed by atoms with Crippen molar-refractivity contribution in [1.82, 2.24) is 9.97 Å². The van der Waals surface area contributed by atoms with E-state index in [1.165, 1.54) is 13.2 Å². The molecule has 0 amide bonds. The number of nitrogens with zero attached hydrogens (tertiary/aromatic N) is 2. The summed E-state index contributed by atoms with van der Waals surface area (Å²) >= 11 is 6.21. The molecule has 1 aromatic carbocycles. The number of hydrogen-bond acceptors (Lipinski definition) is 3. The van der Waals surface area contributed by atoms with Gasteiger partial charge in [0.1, 0.15) is 5.15 Å². The van der Waals surface area contributed by atoms with Crippen LogP contribution in [0, 0.1) is 12.7 Å². The summed E-state index contributed by atoms with van der Waals surface area (Å²) in [5, 5.41) is 0.415. The van der Waals surface area contributed by atoms with Gasteiger partial charge in [-0.15, -0.1) is 0 Å².